The molecule has 1 fully saturated rings. The first-order valence-electron chi connectivity index (χ1n) is 5.92. The van der Waals surface area contributed by atoms with Crippen molar-refractivity contribution in [3.8, 4) is 0 Å². The van der Waals surface area contributed by atoms with Crippen molar-refractivity contribution in [3.63, 3.8) is 0 Å². The van der Waals surface area contributed by atoms with Crippen molar-refractivity contribution in [2.45, 2.75) is 12.1 Å². The first kappa shape index (κ1) is 13.6. The highest BCUT2D eigenvalue weighted by Gasteiger charge is 2.53. The smallest absolute Gasteiger partial charge is 0.418 e. The van der Waals surface area contributed by atoms with E-state index in [0.29, 0.717) is 15.6 Å². The molecule has 2 bridgehead atoms. The minimum absolute atomic E-state index is 0.149. The molecule has 2 aromatic rings. The number of hydroxylamine groups is 2. The predicted octanol–water partition coefficient (Wildman–Crippen LogP) is 0.142. The largest absolute Gasteiger partial charge is 0.425 e. The number of aromatic nitrogens is 3. The van der Waals surface area contributed by atoms with E-state index >= 15 is 0 Å². The van der Waals surface area contributed by atoms with Crippen molar-refractivity contribution in [1.29, 1.82) is 0 Å². The molecular formula is C9H7N5O6S2. The number of urea groups is 1. The van der Waals surface area contributed by atoms with Crippen molar-refractivity contribution in [2.75, 3.05) is 6.54 Å². The van der Waals surface area contributed by atoms with E-state index in [-0.39, 0.29) is 12.4 Å². The van der Waals surface area contributed by atoms with Crippen LogP contribution in [0.4, 0.5) is 4.79 Å². The van der Waals surface area contributed by atoms with Crippen LogP contribution in [0.2, 0.25) is 0 Å². The summed E-state index contributed by atoms with van der Waals surface area (Å²) in [5.41, 5.74) is 2.08. The second-order valence-electron chi connectivity index (χ2n) is 4.56. The van der Waals surface area contributed by atoms with Crippen LogP contribution in [0.25, 0.3) is 0 Å². The molecule has 1 unspecified atom stereocenters. The molecule has 0 aliphatic carbocycles. The molecule has 2 aliphatic heterocycles. The lowest BCUT2D eigenvalue weighted by Gasteiger charge is -2.26. The Kier molecular flexibility index (Phi) is 2.75. The third kappa shape index (κ3) is 1.90. The molecule has 2 amide bonds. The summed E-state index contributed by atoms with van der Waals surface area (Å²) in [4.78, 5) is 18.5. The molecule has 1 saturated heterocycles. The lowest BCUT2D eigenvalue weighted by Crippen LogP contribution is -2.35. The van der Waals surface area contributed by atoms with Gasteiger partial charge in [0.15, 0.2) is 6.04 Å². The molecular weight excluding hydrogens is 338 g/mol. The third-order valence-corrected chi connectivity index (χ3v) is 4.66. The Morgan fingerprint density at radius 3 is 3.00 bits per heavy atom. The molecule has 2 atom stereocenters. The van der Waals surface area contributed by atoms with E-state index in [9.17, 15) is 13.2 Å². The number of rotatable bonds is 3. The van der Waals surface area contributed by atoms with Crippen molar-refractivity contribution in [1.82, 2.24) is 25.1 Å². The molecule has 0 saturated carbocycles. The van der Waals surface area contributed by atoms with Crippen LogP contribution in [0, 0.1) is 0 Å². The van der Waals surface area contributed by atoms with Gasteiger partial charge in [-0.05, 0) is 0 Å². The summed E-state index contributed by atoms with van der Waals surface area (Å²) in [6, 6.07) is -2.14. The van der Waals surface area contributed by atoms with Crippen LogP contribution < -0.4 is 0 Å². The maximum atomic E-state index is 12.4. The Hall–Kier alpha value is -2.09. The summed E-state index contributed by atoms with van der Waals surface area (Å²) in [5, 5.41) is 7.99. The SMILES string of the molecule is O=C1N2C[C@@H](c3scnc3C2c2nnco2)N1OS(=O)(=O)O. The molecule has 13 heteroatoms. The number of amides is 2. The van der Waals surface area contributed by atoms with Crippen molar-refractivity contribution < 1.29 is 26.5 Å². The molecule has 2 aliphatic rings. The van der Waals surface area contributed by atoms with Crippen LogP contribution in [-0.4, -0.2) is 50.7 Å². The van der Waals surface area contributed by atoms with E-state index in [1.54, 1.807) is 5.51 Å². The summed E-state index contributed by atoms with van der Waals surface area (Å²) in [7, 11) is -4.82. The van der Waals surface area contributed by atoms with Gasteiger partial charge in [0, 0.05) is 0 Å². The van der Waals surface area contributed by atoms with E-state index < -0.39 is 28.5 Å². The fraction of sp³-hybridized carbons (Fsp3) is 0.333. The van der Waals surface area contributed by atoms with Crippen LogP contribution in [0.1, 0.15) is 28.5 Å². The summed E-state index contributed by atoms with van der Waals surface area (Å²) >= 11 is 1.24. The molecule has 11 nitrogen and oxygen atoms in total. The van der Waals surface area contributed by atoms with Crippen molar-refractivity contribution in [3.05, 3.63) is 28.4 Å². The van der Waals surface area contributed by atoms with Gasteiger partial charge in [0.2, 0.25) is 12.3 Å². The summed E-state index contributed by atoms with van der Waals surface area (Å²) in [6.45, 7) is 0.149. The predicted molar refractivity (Wildman–Crippen MR) is 67.6 cm³/mol. The monoisotopic (exact) mass is 345 g/mol. The molecule has 0 spiro atoms. The minimum atomic E-state index is -4.82. The Balaban J connectivity index is 1.82. The van der Waals surface area contributed by atoms with Crippen LogP contribution in [0.3, 0.4) is 0 Å². The average molecular weight is 345 g/mol. The number of carbonyl (C=O) groups is 1. The van der Waals surface area contributed by atoms with Gasteiger partial charge >= 0.3 is 16.4 Å². The Bertz CT molecular complexity index is 833. The molecule has 4 heterocycles. The number of thiazole rings is 1. The van der Waals surface area contributed by atoms with Gasteiger partial charge in [-0.1, -0.05) is 0 Å². The fourth-order valence-corrected chi connectivity index (χ4v) is 3.87. The number of fused-ring (bicyclic) bond motifs is 4. The van der Waals surface area contributed by atoms with Crippen LogP contribution >= 0.6 is 11.3 Å². The zero-order valence-corrected chi connectivity index (χ0v) is 12.2. The van der Waals surface area contributed by atoms with Gasteiger partial charge < -0.3 is 9.32 Å². The van der Waals surface area contributed by atoms with Gasteiger partial charge in [0.25, 0.3) is 0 Å². The van der Waals surface area contributed by atoms with Crippen LogP contribution in [0.5, 0.6) is 0 Å². The Morgan fingerprint density at radius 2 is 2.32 bits per heavy atom. The van der Waals surface area contributed by atoms with Gasteiger partial charge in [-0.15, -0.1) is 25.8 Å². The highest BCUT2D eigenvalue weighted by Crippen LogP contribution is 2.47. The number of nitrogens with zero attached hydrogens (tertiary/aromatic N) is 5. The second-order valence-corrected chi connectivity index (χ2v) is 6.45. The van der Waals surface area contributed by atoms with E-state index in [1.165, 1.54) is 16.2 Å². The topological polar surface area (TPSA) is 139 Å². The molecule has 4 rings (SSSR count). The second kappa shape index (κ2) is 4.45. The number of hydrogen-bond acceptors (Lipinski definition) is 9. The van der Waals surface area contributed by atoms with Crippen LogP contribution in [0.15, 0.2) is 16.3 Å². The normalized spacial score (nSPS) is 24.0. The third-order valence-electron chi connectivity index (χ3n) is 3.37. The standard InChI is InChI=1S/C9H7N5O6S2/c15-9-13-1-4(14(9)20-22(16,17)18)7-5(10-3-21-7)6(13)8-12-11-2-19-8/h2-4,6H,1H2,(H,16,17,18)/t4-,6?/m0/s1. The first-order chi connectivity index (χ1) is 10.5. The fourth-order valence-electron chi connectivity index (χ4n) is 2.61. The van der Waals surface area contributed by atoms with Crippen LogP contribution in [-0.2, 0) is 14.7 Å². The maximum absolute atomic E-state index is 12.4. The number of hydrogen-bond donors (Lipinski definition) is 1. The summed E-state index contributed by atoms with van der Waals surface area (Å²) in [6.07, 6.45) is 1.13. The molecule has 22 heavy (non-hydrogen) atoms. The van der Waals surface area contributed by atoms with Gasteiger partial charge in [0.1, 0.15) is 6.04 Å². The molecule has 2 aromatic heterocycles. The summed E-state index contributed by atoms with van der Waals surface area (Å²) in [5.74, 6) is 0.160. The molecule has 116 valence electrons. The van der Waals surface area contributed by atoms with E-state index in [0.717, 1.165) is 6.39 Å². The molecule has 1 N–H and O–H groups in total. The lowest BCUT2D eigenvalue weighted by atomic mass is 10.0. The van der Waals surface area contributed by atoms with Gasteiger partial charge in [-0.25, -0.2) is 9.78 Å². The highest BCUT2D eigenvalue weighted by molar-refractivity contribution is 7.80. The lowest BCUT2D eigenvalue weighted by molar-refractivity contribution is -0.0308. The highest BCUT2D eigenvalue weighted by atomic mass is 32.3. The average Bonchev–Trinajstić information content (AvgIpc) is 3.15. The van der Waals surface area contributed by atoms with Crippen molar-refractivity contribution in [2.24, 2.45) is 0 Å². The summed E-state index contributed by atoms with van der Waals surface area (Å²) < 4.78 is 40.3. The zero-order valence-electron chi connectivity index (χ0n) is 10.6. The Labute approximate surface area is 127 Å². The quantitative estimate of drug-likeness (QED) is 0.769. The van der Waals surface area contributed by atoms with E-state index in [1.807, 2.05) is 0 Å². The van der Waals surface area contributed by atoms with E-state index in [4.69, 9.17) is 8.97 Å². The van der Waals surface area contributed by atoms with Gasteiger partial charge in [-0.2, -0.15) is 13.5 Å². The van der Waals surface area contributed by atoms with Gasteiger partial charge in [-0.3, -0.25) is 4.55 Å². The zero-order chi connectivity index (χ0) is 15.5. The van der Waals surface area contributed by atoms with Crippen molar-refractivity contribution >= 4 is 27.8 Å². The molecule has 0 aromatic carbocycles. The first-order valence-corrected chi connectivity index (χ1v) is 8.16. The number of carbonyl (C=O) groups excluding carboxylic acids is 1. The minimum Gasteiger partial charge on any atom is -0.425 e. The maximum Gasteiger partial charge on any atom is 0.418 e. The Morgan fingerprint density at radius 1 is 1.50 bits per heavy atom. The van der Waals surface area contributed by atoms with Gasteiger partial charge in [0.05, 0.1) is 22.6 Å². The molecule has 0 radical (unpaired) electrons. The van der Waals surface area contributed by atoms with E-state index in [2.05, 4.69) is 19.5 Å².